The van der Waals surface area contributed by atoms with Gasteiger partial charge in [0.05, 0.1) is 6.61 Å². The Morgan fingerprint density at radius 1 is 0.895 bits per heavy atom. The summed E-state index contributed by atoms with van der Waals surface area (Å²) in [4.78, 5) is 31.1. The van der Waals surface area contributed by atoms with Crippen LogP contribution in [-0.4, -0.2) is 29.9 Å². The molecule has 0 radical (unpaired) electrons. The maximum atomic E-state index is 12.8. The highest BCUT2D eigenvalue weighted by atomic mass is 16.5. The summed E-state index contributed by atoms with van der Waals surface area (Å²) in [5.41, 5.74) is 6.78. The number of ether oxygens (including phenoxy) is 1. The second-order valence-corrected chi connectivity index (χ2v) is 8.74. The molecule has 0 fully saturated rings. The minimum Gasteiger partial charge on any atom is -0.367 e. The lowest BCUT2D eigenvalue weighted by Gasteiger charge is -2.18. The Bertz CT molecular complexity index is 1340. The zero-order valence-corrected chi connectivity index (χ0v) is 21.9. The van der Waals surface area contributed by atoms with Crippen molar-refractivity contribution in [1.82, 2.24) is 10.3 Å². The van der Waals surface area contributed by atoms with Crippen molar-refractivity contribution in [2.75, 3.05) is 18.1 Å². The Labute approximate surface area is 224 Å². The Morgan fingerprint density at radius 2 is 1.63 bits per heavy atom. The quantitative estimate of drug-likeness (QED) is 0.327. The van der Waals surface area contributed by atoms with Crippen molar-refractivity contribution in [3.8, 4) is 11.1 Å². The summed E-state index contributed by atoms with van der Waals surface area (Å²) < 4.78 is 5.65. The van der Waals surface area contributed by atoms with E-state index in [9.17, 15) is 9.59 Å². The van der Waals surface area contributed by atoms with Gasteiger partial charge in [-0.2, -0.15) is 0 Å². The van der Waals surface area contributed by atoms with Gasteiger partial charge >= 0.3 is 0 Å². The molecule has 1 aromatic heterocycles. The van der Waals surface area contributed by atoms with Crippen LogP contribution in [0.3, 0.4) is 0 Å². The summed E-state index contributed by atoms with van der Waals surface area (Å²) in [6, 6.07) is 27.4. The number of carbonyl (C=O) groups is 2. The average Bonchev–Trinajstić information content (AvgIpc) is 3.42. The molecule has 0 unspecified atom stereocenters. The smallest absolute Gasteiger partial charge is 0.253 e. The lowest BCUT2D eigenvalue weighted by atomic mass is 10.0. The van der Waals surface area contributed by atoms with Gasteiger partial charge in [0.25, 0.3) is 11.8 Å². The Balaban J connectivity index is 0.00000164. The zero-order valence-electron chi connectivity index (χ0n) is 21.9. The summed E-state index contributed by atoms with van der Waals surface area (Å²) in [5, 5.41) is 2.92. The van der Waals surface area contributed by atoms with Gasteiger partial charge in [0.1, 0.15) is 6.61 Å². The van der Waals surface area contributed by atoms with Gasteiger partial charge in [0.2, 0.25) is 0 Å². The van der Waals surface area contributed by atoms with E-state index in [2.05, 4.69) is 16.4 Å². The van der Waals surface area contributed by atoms with Crippen LogP contribution in [0.5, 0.6) is 0 Å². The van der Waals surface area contributed by atoms with E-state index in [0.717, 1.165) is 39.9 Å². The lowest BCUT2D eigenvalue weighted by molar-refractivity contribution is -0.123. The molecule has 6 nitrogen and oxygen atoms in total. The predicted octanol–water partition coefficient (Wildman–Crippen LogP) is 5.81. The first-order valence-corrected chi connectivity index (χ1v) is 13.0. The van der Waals surface area contributed by atoms with Crippen LogP contribution in [0.1, 0.15) is 40.9 Å². The lowest BCUT2D eigenvalue weighted by Crippen LogP contribution is -2.32. The molecule has 0 saturated heterocycles. The first-order chi connectivity index (χ1) is 18.7. The molecule has 2 heterocycles. The number of rotatable bonds is 8. The first-order valence-electron chi connectivity index (χ1n) is 13.0. The number of benzene rings is 3. The van der Waals surface area contributed by atoms with Crippen LogP contribution < -0.4 is 10.2 Å². The largest absolute Gasteiger partial charge is 0.367 e. The highest BCUT2D eigenvalue weighted by Crippen LogP contribution is 2.32. The van der Waals surface area contributed by atoms with Gasteiger partial charge in [0, 0.05) is 36.7 Å². The number of hydrogen-bond acceptors (Lipinski definition) is 4. The molecule has 194 valence electrons. The van der Waals surface area contributed by atoms with Crippen LogP contribution in [0, 0.1) is 0 Å². The molecule has 5 rings (SSSR count). The van der Waals surface area contributed by atoms with Crippen molar-refractivity contribution in [3.05, 3.63) is 120 Å². The Kier molecular flexibility index (Phi) is 9.37. The summed E-state index contributed by atoms with van der Waals surface area (Å²) in [7, 11) is 0. The van der Waals surface area contributed by atoms with Gasteiger partial charge in [-0.25, -0.2) is 0 Å². The fourth-order valence-corrected chi connectivity index (χ4v) is 4.35. The third kappa shape index (κ3) is 6.72. The molecule has 0 aliphatic carbocycles. The minimum absolute atomic E-state index is 0.0286. The zero-order chi connectivity index (χ0) is 26.7. The number of anilines is 1. The molecule has 38 heavy (non-hydrogen) atoms. The van der Waals surface area contributed by atoms with Gasteiger partial charge in [0.15, 0.2) is 0 Å². The number of aromatic nitrogens is 1. The summed E-state index contributed by atoms with van der Waals surface area (Å²) in [6.07, 6.45) is 4.26. The molecule has 2 amide bonds. The van der Waals surface area contributed by atoms with E-state index in [1.165, 1.54) is 0 Å². The number of amides is 2. The van der Waals surface area contributed by atoms with E-state index >= 15 is 0 Å². The van der Waals surface area contributed by atoms with Crippen molar-refractivity contribution in [1.29, 1.82) is 0 Å². The van der Waals surface area contributed by atoms with Gasteiger partial charge in [-0.1, -0.05) is 68.4 Å². The molecular weight excluding hydrogens is 474 g/mol. The van der Waals surface area contributed by atoms with E-state index in [-0.39, 0.29) is 18.4 Å². The van der Waals surface area contributed by atoms with Crippen LogP contribution in [-0.2, 0) is 29.1 Å². The molecule has 3 aromatic carbocycles. The van der Waals surface area contributed by atoms with E-state index in [4.69, 9.17) is 4.74 Å². The van der Waals surface area contributed by atoms with Gasteiger partial charge in [-0.3, -0.25) is 14.6 Å². The fourth-order valence-electron chi connectivity index (χ4n) is 4.35. The highest BCUT2D eigenvalue weighted by molar-refractivity contribution is 5.97. The molecule has 1 aliphatic heterocycles. The molecule has 0 spiro atoms. The van der Waals surface area contributed by atoms with Gasteiger partial charge in [-0.05, 0) is 64.6 Å². The average molecular weight is 508 g/mol. The fraction of sp³-hybridized carbons (Fsp3) is 0.219. The van der Waals surface area contributed by atoms with Gasteiger partial charge < -0.3 is 15.0 Å². The van der Waals surface area contributed by atoms with E-state index < -0.39 is 0 Å². The SMILES string of the molecule is CC.O=C(NCc1cccnc1)c1ccc(-c2ccc3c(c2)CCN3C(=O)COCc2ccccc2)cc1. The standard InChI is InChI=1S/C30H27N3O3.C2H6/c34-29(21-36-20-22-5-2-1-3-6-22)33-16-14-27-17-26(12-13-28(27)33)24-8-10-25(11-9-24)30(35)32-19-23-7-4-15-31-18-23;1-2/h1-13,15,17-18H,14,16,19-21H2,(H,32,35);1-2H3. The van der Waals surface area contributed by atoms with Crippen molar-refractivity contribution in [2.24, 2.45) is 0 Å². The second kappa shape index (κ2) is 13.3. The molecule has 1 aliphatic rings. The maximum absolute atomic E-state index is 12.8. The Morgan fingerprint density at radius 3 is 2.37 bits per heavy atom. The number of pyridine rings is 1. The minimum atomic E-state index is -0.122. The summed E-state index contributed by atoms with van der Waals surface area (Å²) >= 11 is 0. The van der Waals surface area contributed by atoms with Crippen LogP contribution in [0.15, 0.2) is 97.3 Å². The number of hydrogen-bond donors (Lipinski definition) is 1. The van der Waals surface area contributed by atoms with E-state index in [0.29, 0.717) is 25.3 Å². The molecule has 0 bridgehead atoms. The molecule has 6 heteroatoms. The Hall–Kier alpha value is -4.29. The predicted molar refractivity (Wildman–Crippen MR) is 151 cm³/mol. The third-order valence-electron chi connectivity index (χ3n) is 6.27. The van der Waals surface area contributed by atoms with E-state index in [1.54, 1.807) is 17.3 Å². The van der Waals surface area contributed by atoms with Crippen LogP contribution >= 0.6 is 0 Å². The molecule has 0 saturated carbocycles. The van der Waals surface area contributed by atoms with Crippen LogP contribution in [0.2, 0.25) is 0 Å². The topological polar surface area (TPSA) is 71.5 Å². The summed E-state index contributed by atoms with van der Waals surface area (Å²) in [6.45, 7) is 5.57. The molecule has 0 atom stereocenters. The van der Waals surface area contributed by atoms with Crippen LogP contribution in [0.4, 0.5) is 5.69 Å². The number of carbonyl (C=O) groups excluding carboxylic acids is 2. The van der Waals surface area contributed by atoms with Crippen molar-refractivity contribution < 1.29 is 14.3 Å². The second-order valence-electron chi connectivity index (χ2n) is 8.74. The molecular formula is C32H33N3O3. The number of fused-ring (bicyclic) bond motifs is 1. The highest BCUT2D eigenvalue weighted by Gasteiger charge is 2.25. The van der Waals surface area contributed by atoms with E-state index in [1.807, 2.05) is 92.7 Å². The van der Waals surface area contributed by atoms with Crippen LogP contribution in [0.25, 0.3) is 11.1 Å². The van der Waals surface area contributed by atoms with Crippen molar-refractivity contribution in [3.63, 3.8) is 0 Å². The molecule has 1 N–H and O–H groups in total. The van der Waals surface area contributed by atoms with Crippen molar-refractivity contribution >= 4 is 17.5 Å². The van der Waals surface area contributed by atoms with Crippen molar-refractivity contribution in [2.45, 2.75) is 33.4 Å². The maximum Gasteiger partial charge on any atom is 0.253 e. The first kappa shape index (κ1) is 26.8. The number of nitrogens with one attached hydrogen (secondary N) is 1. The van der Waals surface area contributed by atoms with Gasteiger partial charge in [-0.15, -0.1) is 0 Å². The summed E-state index contributed by atoms with van der Waals surface area (Å²) in [5.74, 6) is -0.151. The molecule has 4 aromatic rings. The third-order valence-corrected chi connectivity index (χ3v) is 6.27. The normalized spacial score (nSPS) is 11.8. The monoisotopic (exact) mass is 507 g/mol. The number of nitrogens with zero attached hydrogens (tertiary/aromatic N) is 2.